The van der Waals surface area contributed by atoms with Crippen LogP contribution in [0.1, 0.15) is 19.8 Å². The predicted octanol–water partition coefficient (Wildman–Crippen LogP) is -0.754. The molecule has 17 heavy (non-hydrogen) atoms. The minimum absolute atomic E-state index is 0.322. The van der Waals surface area contributed by atoms with E-state index in [1.54, 1.807) is 0 Å². The van der Waals surface area contributed by atoms with Crippen molar-refractivity contribution in [2.75, 3.05) is 26.2 Å². The number of nitrogens with zero attached hydrogens (tertiary/aromatic N) is 1. The fraction of sp³-hybridized carbons (Fsp3) is 0.818. The van der Waals surface area contributed by atoms with Gasteiger partial charge >= 0.3 is 5.97 Å². The molecule has 6 nitrogen and oxygen atoms in total. The second-order valence-corrected chi connectivity index (χ2v) is 4.50. The molecule has 98 valence electrons. The van der Waals surface area contributed by atoms with Crippen molar-refractivity contribution in [1.29, 1.82) is 0 Å². The lowest BCUT2D eigenvalue weighted by atomic mass is 10.1. The molecule has 2 atom stereocenters. The fourth-order valence-corrected chi connectivity index (χ4v) is 2.02. The Labute approximate surface area is 101 Å². The van der Waals surface area contributed by atoms with Gasteiger partial charge in [0, 0.05) is 13.1 Å². The van der Waals surface area contributed by atoms with Crippen LogP contribution in [-0.4, -0.2) is 54.1 Å². The molecule has 1 heterocycles. The quantitative estimate of drug-likeness (QED) is 0.570. The molecule has 0 aliphatic carbocycles. The molecular formula is C11H21N3O3. The highest BCUT2D eigenvalue weighted by atomic mass is 16.4. The maximum Gasteiger partial charge on any atom is 0.305 e. The van der Waals surface area contributed by atoms with Crippen molar-refractivity contribution in [1.82, 2.24) is 10.2 Å². The van der Waals surface area contributed by atoms with Crippen LogP contribution in [0.3, 0.4) is 0 Å². The molecule has 0 aromatic heterocycles. The Hall–Kier alpha value is -1.14. The van der Waals surface area contributed by atoms with Gasteiger partial charge in [-0.2, -0.15) is 0 Å². The summed E-state index contributed by atoms with van der Waals surface area (Å²) in [6, 6.07) is -0.948. The maximum atomic E-state index is 11.5. The third kappa shape index (κ3) is 4.70. The Morgan fingerprint density at radius 3 is 2.82 bits per heavy atom. The van der Waals surface area contributed by atoms with Crippen molar-refractivity contribution in [3.05, 3.63) is 0 Å². The van der Waals surface area contributed by atoms with E-state index in [0.717, 1.165) is 26.1 Å². The van der Waals surface area contributed by atoms with Crippen molar-refractivity contribution >= 4 is 11.9 Å². The summed E-state index contributed by atoms with van der Waals surface area (Å²) < 4.78 is 0. The number of hydrogen-bond acceptors (Lipinski definition) is 4. The molecule has 0 aromatic carbocycles. The highest BCUT2D eigenvalue weighted by Crippen LogP contribution is 2.14. The van der Waals surface area contributed by atoms with Gasteiger partial charge in [0.2, 0.25) is 5.91 Å². The van der Waals surface area contributed by atoms with Gasteiger partial charge in [0.15, 0.2) is 0 Å². The number of carboxylic acids is 1. The average molecular weight is 243 g/mol. The van der Waals surface area contributed by atoms with E-state index < -0.39 is 12.0 Å². The number of carbonyl (C=O) groups is 2. The lowest BCUT2D eigenvalue weighted by molar-refractivity contribution is -0.139. The first-order chi connectivity index (χ1) is 8.02. The summed E-state index contributed by atoms with van der Waals surface area (Å²) in [5.41, 5.74) is 5.45. The zero-order chi connectivity index (χ0) is 12.8. The molecule has 6 heteroatoms. The van der Waals surface area contributed by atoms with Crippen LogP contribution in [0.15, 0.2) is 0 Å². The van der Waals surface area contributed by atoms with Gasteiger partial charge in [0.25, 0.3) is 0 Å². The van der Waals surface area contributed by atoms with Crippen LogP contribution in [0, 0.1) is 5.92 Å². The van der Waals surface area contributed by atoms with Crippen LogP contribution in [0.25, 0.3) is 0 Å². The zero-order valence-electron chi connectivity index (χ0n) is 10.2. The van der Waals surface area contributed by atoms with Crippen LogP contribution >= 0.6 is 0 Å². The third-order valence-electron chi connectivity index (χ3n) is 3.11. The largest absolute Gasteiger partial charge is 0.481 e. The number of carboxylic acid groups (broad SMARTS) is 1. The van der Waals surface area contributed by atoms with Gasteiger partial charge in [-0.25, -0.2) is 0 Å². The fourth-order valence-electron chi connectivity index (χ4n) is 2.02. The van der Waals surface area contributed by atoms with Gasteiger partial charge in [-0.05, 0) is 25.4 Å². The molecule has 0 aromatic rings. The van der Waals surface area contributed by atoms with E-state index in [4.69, 9.17) is 10.8 Å². The summed E-state index contributed by atoms with van der Waals surface area (Å²) >= 11 is 0. The minimum atomic E-state index is -1.05. The van der Waals surface area contributed by atoms with E-state index in [-0.39, 0.29) is 12.3 Å². The molecule has 1 saturated heterocycles. The van der Waals surface area contributed by atoms with E-state index in [2.05, 4.69) is 17.1 Å². The highest BCUT2D eigenvalue weighted by molar-refractivity contribution is 5.85. The number of likely N-dealkylation sites (tertiary alicyclic amines) is 1. The molecule has 1 fully saturated rings. The highest BCUT2D eigenvalue weighted by Gasteiger charge is 2.23. The summed E-state index contributed by atoms with van der Waals surface area (Å²) in [6.07, 6.45) is 0.750. The lowest BCUT2D eigenvalue weighted by Gasteiger charge is -2.15. The molecular weight excluding hydrogens is 222 g/mol. The van der Waals surface area contributed by atoms with Crippen molar-refractivity contribution in [2.24, 2.45) is 11.7 Å². The second-order valence-electron chi connectivity index (χ2n) is 4.50. The molecule has 2 unspecified atom stereocenters. The summed E-state index contributed by atoms with van der Waals surface area (Å²) in [4.78, 5) is 24.2. The van der Waals surface area contributed by atoms with Crippen LogP contribution in [0.5, 0.6) is 0 Å². The van der Waals surface area contributed by atoms with E-state index in [1.807, 2.05) is 0 Å². The third-order valence-corrected chi connectivity index (χ3v) is 3.11. The standard InChI is InChI=1S/C11H21N3O3/c1-2-14-4-3-8(7-14)6-13-11(17)9(12)5-10(15)16/h8-9H,2-7,12H2,1H3,(H,13,17)(H,15,16). The Balaban J connectivity index is 2.22. The zero-order valence-corrected chi connectivity index (χ0v) is 10.2. The Kier molecular flexibility index (Phi) is 5.37. The second kappa shape index (κ2) is 6.56. The Bertz CT molecular complexity index is 283. The molecule has 0 radical (unpaired) electrons. The van der Waals surface area contributed by atoms with Gasteiger partial charge in [-0.3, -0.25) is 9.59 Å². The molecule has 4 N–H and O–H groups in total. The van der Waals surface area contributed by atoms with Crippen LogP contribution in [0.4, 0.5) is 0 Å². The molecule has 1 rings (SSSR count). The van der Waals surface area contributed by atoms with Gasteiger partial charge in [0.05, 0.1) is 12.5 Å². The molecule has 0 spiro atoms. The lowest BCUT2D eigenvalue weighted by Crippen LogP contribution is -2.43. The van der Waals surface area contributed by atoms with Gasteiger partial charge < -0.3 is 21.1 Å². The van der Waals surface area contributed by atoms with E-state index in [0.29, 0.717) is 12.5 Å². The van der Waals surface area contributed by atoms with Crippen LogP contribution in [-0.2, 0) is 9.59 Å². The summed E-state index contributed by atoms with van der Waals surface area (Å²) in [5.74, 6) is -0.969. The van der Waals surface area contributed by atoms with Gasteiger partial charge in [-0.1, -0.05) is 6.92 Å². The van der Waals surface area contributed by atoms with Gasteiger partial charge in [0.1, 0.15) is 0 Å². The summed E-state index contributed by atoms with van der Waals surface area (Å²) in [7, 11) is 0. The number of rotatable bonds is 6. The SMILES string of the molecule is CCN1CCC(CNC(=O)C(N)CC(=O)O)C1. The first-order valence-corrected chi connectivity index (χ1v) is 6.00. The number of amides is 1. The van der Waals surface area contributed by atoms with E-state index in [9.17, 15) is 9.59 Å². The van der Waals surface area contributed by atoms with E-state index in [1.165, 1.54) is 0 Å². The number of carbonyl (C=O) groups excluding carboxylic acids is 1. The normalized spacial score (nSPS) is 22.4. The van der Waals surface area contributed by atoms with Crippen molar-refractivity contribution in [3.63, 3.8) is 0 Å². The Morgan fingerprint density at radius 1 is 1.59 bits per heavy atom. The van der Waals surface area contributed by atoms with Crippen LogP contribution < -0.4 is 11.1 Å². The van der Waals surface area contributed by atoms with Crippen LogP contribution in [0.2, 0.25) is 0 Å². The average Bonchev–Trinajstić information content (AvgIpc) is 2.72. The molecule has 0 bridgehead atoms. The first-order valence-electron chi connectivity index (χ1n) is 6.00. The molecule has 0 saturated carbocycles. The number of aliphatic carboxylic acids is 1. The summed E-state index contributed by atoms with van der Waals surface area (Å²) in [6.45, 7) is 5.79. The number of nitrogens with one attached hydrogen (secondary N) is 1. The molecule has 1 amide bonds. The van der Waals surface area contributed by atoms with Crippen molar-refractivity contribution < 1.29 is 14.7 Å². The monoisotopic (exact) mass is 243 g/mol. The number of nitrogens with two attached hydrogens (primary N) is 1. The Morgan fingerprint density at radius 2 is 2.29 bits per heavy atom. The van der Waals surface area contributed by atoms with E-state index >= 15 is 0 Å². The molecule has 1 aliphatic rings. The predicted molar refractivity (Wildman–Crippen MR) is 63.5 cm³/mol. The van der Waals surface area contributed by atoms with Crippen molar-refractivity contribution in [3.8, 4) is 0 Å². The maximum absolute atomic E-state index is 11.5. The smallest absolute Gasteiger partial charge is 0.305 e. The number of hydrogen-bond donors (Lipinski definition) is 3. The van der Waals surface area contributed by atoms with Gasteiger partial charge in [-0.15, -0.1) is 0 Å². The molecule has 1 aliphatic heterocycles. The topological polar surface area (TPSA) is 95.7 Å². The van der Waals surface area contributed by atoms with Crippen molar-refractivity contribution in [2.45, 2.75) is 25.8 Å². The minimum Gasteiger partial charge on any atom is -0.481 e. The summed E-state index contributed by atoms with van der Waals surface area (Å²) in [5, 5.41) is 11.2. The first kappa shape index (κ1) is 13.9.